The van der Waals surface area contributed by atoms with E-state index in [4.69, 9.17) is 0 Å². The number of benzene rings is 1. The number of nitrogens with one attached hydrogen (secondary N) is 1. The fourth-order valence-electron chi connectivity index (χ4n) is 1.63. The molecule has 0 radical (unpaired) electrons. The number of thiazole rings is 1. The van der Waals surface area contributed by atoms with Crippen LogP contribution in [0, 0.1) is 18.6 Å². The normalized spacial score (nSPS) is 12.7. The van der Waals surface area contributed by atoms with Gasteiger partial charge < -0.3 is 5.32 Å². The fraction of sp³-hybridized carbons (Fsp3) is 0.250. The van der Waals surface area contributed by atoms with Gasteiger partial charge in [0, 0.05) is 11.1 Å². The van der Waals surface area contributed by atoms with Gasteiger partial charge in [-0.15, -0.1) is 11.3 Å². The van der Waals surface area contributed by atoms with Gasteiger partial charge in [0.1, 0.15) is 5.01 Å². The van der Waals surface area contributed by atoms with Crippen LogP contribution in [0.5, 0.6) is 0 Å². The average Bonchev–Trinajstić information content (AvgIpc) is 2.71. The number of aryl methyl sites for hydroxylation is 1. The van der Waals surface area contributed by atoms with Crippen LogP contribution in [-0.2, 0) is 0 Å². The molecule has 1 unspecified atom stereocenters. The van der Waals surface area contributed by atoms with Crippen molar-refractivity contribution >= 4 is 11.3 Å². The Morgan fingerprint density at radius 2 is 2.06 bits per heavy atom. The van der Waals surface area contributed by atoms with E-state index in [0.717, 1.165) is 16.8 Å². The van der Waals surface area contributed by atoms with Crippen molar-refractivity contribution in [3.05, 3.63) is 51.5 Å². The average molecular weight is 254 g/mol. The summed E-state index contributed by atoms with van der Waals surface area (Å²) in [6.07, 6.45) is 0. The highest BCUT2D eigenvalue weighted by Gasteiger charge is 2.16. The quantitative estimate of drug-likeness (QED) is 0.910. The number of hydrogen-bond acceptors (Lipinski definition) is 3. The van der Waals surface area contributed by atoms with E-state index in [0.29, 0.717) is 5.56 Å². The van der Waals surface area contributed by atoms with E-state index in [1.54, 1.807) is 13.1 Å². The molecule has 0 amide bonds. The van der Waals surface area contributed by atoms with Crippen molar-refractivity contribution in [2.75, 3.05) is 7.05 Å². The number of hydrogen-bond donors (Lipinski definition) is 1. The maximum Gasteiger partial charge on any atom is 0.159 e. The molecule has 1 aromatic heterocycles. The highest BCUT2D eigenvalue weighted by Crippen LogP contribution is 2.25. The number of nitrogens with zero attached hydrogens (tertiary/aromatic N) is 1. The molecule has 1 atom stereocenters. The minimum atomic E-state index is -0.837. The van der Waals surface area contributed by atoms with Crippen molar-refractivity contribution < 1.29 is 8.78 Å². The third kappa shape index (κ3) is 2.50. The maximum atomic E-state index is 13.2. The Morgan fingerprint density at radius 3 is 2.59 bits per heavy atom. The van der Waals surface area contributed by atoms with Crippen molar-refractivity contribution in [1.82, 2.24) is 10.3 Å². The molecule has 0 aliphatic carbocycles. The van der Waals surface area contributed by atoms with E-state index in [9.17, 15) is 8.78 Å². The van der Waals surface area contributed by atoms with Gasteiger partial charge in [0.25, 0.3) is 0 Å². The van der Waals surface area contributed by atoms with Gasteiger partial charge in [-0.25, -0.2) is 13.8 Å². The summed E-state index contributed by atoms with van der Waals surface area (Å²) in [5, 5.41) is 5.83. The monoisotopic (exact) mass is 254 g/mol. The molecule has 1 N–H and O–H groups in total. The smallest absolute Gasteiger partial charge is 0.159 e. The molecule has 2 nitrogen and oxygen atoms in total. The van der Waals surface area contributed by atoms with E-state index >= 15 is 0 Å². The third-order valence-corrected chi connectivity index (χ3v) is 3.48. The predicted octanol–water partition coefficient (Wildman–Crippen LogP) is 3.04. The van der Waals surface area contributed by atoms with Gasteiger partial charge in [-0.2, -0.15) is 0 Å². The van der Waals surface area contributed by atoms with Crippen LogP contribution in [0.1, 0.15) is 22.3 Å². The first kappa shape index (κ1) is 12.1. The molecule has 0 aliphatic heterocycles. The van der Waals surface area contributed by atoms with Crippen molar-refractivity contribution in [2.24, 2.45) is 0 Å². The van der Waals surface area contributed by atoms with E-state index in [1.807, 2.05) is 12.3 Å². The Hall–Kier alpha value is -1.33. The Labute approximate surface area is 102 Å². The van der Waals surface area contributed by atoms with Crippen LogP contribution in [-0.4, -0.2) is 12.0 Å². The lowest BCUT2D eigenvalue weighted by molar-refractivity contribution is 0.505. The van der Waals surface area contributed by atoms with Gasteiger partial charge in [0.05, 0.1) is 6.04 Å². The van der Waals surface area contributed by atoms with Crippen LogP contribution in [0.2, 0.25) is 0 Å². The van der Waals surface area contributed by atoms with Crippen LogP contribution in [0.3, 0.4) is 0 Å². The molecule has 1 aromatic carbocycles. The van der Waals surface area contributed by atoms with E-state index < -0.39 is 11.6 Å². The molecule has 0 spiro atoms. The Morgan fingerprint density at radius 1 is 1.29 bits per heavy atom. The molecule has 5 heteroatoms. The third-order valence-electron chi connectivity index (χ3n) is 2.45. The second-order valence-corrected chi connectivity index (χ2v) is 4.61. The lowest BCUT2D eigenvalue weighted by Crippen LogP contribution is -2.17. The summed E-state index contributed by atoms with van der Waals surface area (Å²) in [5.41, 5.74) is 1.59. The highest BCUT2D eigenvalue weighted by atomic mass is 32.1. The van der Waals surface area contributed by atoms with Gasteiger partial charge in [-0.05, 0) is 31.7 Å². The van der Waals surface area contributed by atoms with Gasteiger partial charge >= 0.3 is 0 Å². The van der Waals surface area contributed by atoms with Crippen molar-refractivity contribution in [1.29, 1.82) is 0 Å². The minimum absolute atomic E-state index is 0.205. The molecule has 0 saturated carbocycles. The SMILES string of the molecule is CNC(c1ccc(F)c(F)c1)c1nc(C)cs1. The summed E-state index contributed by atoms with van der Waals surface area (Å²) in [6, 6.07) is 3.70. The summed E-state index contributed by atoms with van der Waals surface area (Å²) in [6.45, 7) is 1.90. The van der Waals surface area contributed by atoms with Gasteiger partial charge in [0.15, 0.2) is 11.6 Å². The molecule has 0 fully saturated rings. The molecule has 0 aliphatic rings. The van der Waals surface area contributed by atoms with Crippen molar-refractivity contribution in [3.8, 4) is 0 Å². The first-order valence-corrected chi connectivity index (χ1v) is 6.04. The van der Waals surface area contributed by atoms with Crippen molar-refractivity contribution in [3.63, 3.8) is 0 Å². The van der Waals surface area contributed by atoms with Crippen LogP contribution in [0.4, 0.5) is 8.78 Å². The Bertz CT molecular complexity index is 525. The summed E-state index contributed by atoms with van der Waals surface area (Å²) in [4.78, 5) is 4.35. The van der Waals surface area contributed by atoms with E-state index in [2.05, 4.69) is 10.3 Å². The van der Waals surface area contributed by atoms with Crippen molar-refractivity contribution in [2.45, 2.75) is 13.0 Å². The fourth-order valence-corrected chi connectivity index (χ4v) is 2.56. The minimum Gasteiger partial charge on any atom is -0.307 e. The second kappa shape index (κ2) is 4.89. The Kier molecular flexibility index (Phi) is 3.49. The summed E-state index contributed by atoms with van der Waals surface area (Å²) >= 11 is 1.50. The standard InChI is InChI=1S/C12H12F2N2S/c1-7-6-17-12(16-7)11(15-2)8-3-4-9(13)10(14)5-8/h3-6,11,15H,1-2H3. The van der Waals surface area contributed by atoms with E-state index in [-0.39, 0.29) is 6.04 Å². The molecular weight excluding hydrogens is 242 g/mol. The topological polar surface area (TPSA) is 24.9 Å². The molecule has 90 valence electrons. The van der Waals surface area contributed by atoms with Crippen LogP contribution >= 0.6 is 11.3 Å². The molecule has 0 saturated heterocycles. The molecular formula is C12H12F2N2S. The first-order valence-electron chi connectivity index (χ1n) is 5.16. The van der Waals surface area contributed by atoms with Crippen LogP contribution in [0.15, 0.2) is 23.6 Å². The predicted molar refractivity (Wildman–Crippen MR) is 64.1 cm³/mol. The summed E-state index contributed by atoms with van der Waals surface area (Å²) in [7, 11) is 1.77. The van der Waals surface area contributed by atoms with Gasteiger partial charge in [-0.1, -0.05) is 6.07 Å². The number of halogens is 2. The van der Waals surface area contributed by atoms with Gasteiger partial charge in [-0.3, -0.25) is 0 Å². The molecule has 1 heterocycles. The Balaban J connectivity index is 2.38. The summed E-state index contributed by atoms with van der Waals surface area (Å²) < 4.78 is 26.0. The molecule has 2 aromatic rings. The number of aromatic nitrogens is 1. The maximum absolute atomic E-state index is 13.2. The highest BCUT2D eigenvalue weighted by molar-refractivity contribution is 7.09. The largest absolute Gasteiger partial charge is 0.307 e. The zero-order valence-electron chi connectivity index (χ0n) is 9.50. The van der Waals surface area contributed by atoms with E-state index in [1.165, 1.54) is 17.4 Å². The molecule has 0 bridgehead atoms. The summed E-state index contributed by atoms with van der Waals surface area (Å²) in [5.74, 6) is -1.67. The lowest BCUT2D eigenvalue weighted by atomic mass is 10.1. The van der Waals surface area contributed by atoms with Gasteiger partial charge in [0.2, 0.25) is 0 Å². The zero-order chi connectivity index (χ0) is 12.4. The second-order valence-electron chi connectivity index (χ2n) is 3.72. The van der Waals surface area contributed by atoms with Crippen LogP contribution in [0.25, 0.3) is 0 Å². The zero-order valence-corrected chi connectivity index (χ0v) is 10.3. The number of rotatable bonds is 3. The first-order chi connectivity index (χ1) is 8.11. The lowest BCUT2D eigenvalue weighted by Gasteiger charge is -2.14. The van der Waals surface area contributed by atoms with Crippen LogP contribution < -0.4 is 5.32 Å². The molecule has 17 heavy (non-hydrogen) atoms. The molecule has 2 rings (SSSR count).